The summed E-state index contributed by atoms with van der Waals surface area (Å²) in [7, 11) is 0. The van der Waals surface area contributed by atoms with Crippen LogP contribution in [0, 0.1) is 0 Å². The van der Waals surface area contributed by atoms with Crippen molar-refractivity contribution in [2.24, 2.45) is 0 Å². The lowest BCUT2D eigenvalue weighted by atomic mass is 10.1. The molecule has 0 fully saturated rings. The van der Waals surface area contributed by atoms with Crippen LogP contribution in [0.3, 0.4) is 0 Å². The Morgan fingerprint density at radius 2 is 1.96 bits per heavy atom. The zero-order valence-corrected chi connectivity index (χ0v) is 14.5. The van der Waals surface area contributed by atoms with Gasteiger partial charge < -0.3 is 9.73 Å². The number of benzene rings is 2. The van der Waals surface area contributed by atoms with E-state index in [1.165, 1.54) is 0 Å². The molecule has 1 N–H and O–H groups in total. The Hall–Kier alpha value is -2.99. The number of carbonyl (C=O) groups is 1. The van der Waals surface area contributed by atoms with Gasteiger partial charge in [-0.3, -0.25) is 9.78 Å². The number of nitrogens with one attached hydrogen (secondary N) is 1. The second-order valence-electron chi connectivity index (χ2n) is 5.41. The van der Waals surface area contributed by atoms with Crippen molar-refractivity contribution < 1.29 is 9.21 Å². The highest BCUT2D eigenvalue weighted by Gasteiger charge is 2.10. The molecule has 0 spiro atoms. The van der Waals surface area contributed by atoms with Gasteiger partial charge >= 0.3 is 0 Å². The van der Waals surface area contributed by atoms with E-state index in [0.717, 1.165) is 10.0 Å². The van der Waals surface area contributed by atoms with Crippen LogP contribution in [0.2, 0.25) is 0 Å². The number of aromatic nitrogens is 2. The summed E-state index contributed by atoms with van der Waals surface area (Å²) in [6.45, 7) is 0. The van der Waals surface area contributed by atoms with Gasteiger partial charge in [0.25, 0.3) is 5.91 Å². The zero-order valence-electron chi connectivity index (χ0n) is 12.9. The number of amides is 1. The van der Waals surface area contributed by atoms with Gasteiger partial charge in [-0.15, -0.1) is 0 Å². The molecule has 2 heterocycles. The summed E-state index contributed by atoms with van der Waals surface area (Å²) >= 11 is 3.37. The molecule has 6 heteroatoms. The van der Waals surface area contributed by atoms with Crippen molar-refractivity contribution in [2.75, 3.05) is 5.32 Å². The summed E-state index contributed by atoms with van der Waals surface area (Å²) in [5.41, 5.74) is 3.40. The van der Waals surface area contributed by atoms with Crippen molar-refractivity contribution >= 4 is 38.6 Å². The fourth-order valence-corrected chi connectivity index (χ4v) is 2.87. The highest BCUT2D eigenvalue weighted by Crippen LogP contribution is 2.26. The third-order valence-corrected chi connectivity index (χ3v) is 4.14. The lowest BCUT2D eigenvalue weighted by Crippen LogP contribution is -2.11. The predicted molar refractivity (Wildman–Crippen MR) is 99.3 cm³/mol. The molecule has 0 unspecified atom stereocenters. The first-order valence-electron chi connectivity index (χ1n) is 7.57. The predicted octanol–water partition coefficient (Wildman–Crippen LogP) is 4.90. The first-order valence-corrected chi connectivity index (χ1v) is 8.36. The molecule has 4 rings (SSSR count). The van der Waals surface area contributed by atoms with Crippen LogP contribution >= 0.6 is 15.9 Å². The molecule has 0 saturated heterocycles. The number of carbonyl (C=O) groups excluding carboxylic acids is 1. The Labute approximate surface area is 151 Å². The summed E-state index contributed by atoms with van der Waals surface area (Å²) in [4.78, 5) is 20.8. The average Bonchev–Trinajstić information content (AvgIpc) is 3.06. The highest BCUT2D eigenvalue weighted by molar-refractivity contribution is 9.10. The smallest absolute Gasteiger partial charge is 0.255 e. The lowest BCUT2D eigenvalue weighted by Gasteiger charge is -2.06. The van der Waals surface area contributed by atoms with E-state index in [2.05, 4.69) is 31.2 Å². The molecule has 5 nitrogen and oxygen atoms in total. The van der Waals surface area contributed by atoms with Crippen LogP contribution < -0.4 is 5.32 Å². The molecule has 0 aliphatic heterocycles. The Kier molecular flexibility index (Phi) is 4.03. The van der Waals surface area contributed by atoms with Crippen LogP contribution in [0.25, 0.3) is 22.6 Å². The highest BCUT2D eigenvalue weighted by atomic mass is 79.9. The topological polar surface area (TPSA) is 68.0 Å². The van der Waals surface area contributed by atoms with Crippen LogP contribution in [0.4, 0.5) is 5.69 Å². The second-order valence-corrected chi connectivity index (χ2v) is 6.32. The number of hydrogen-bond donors (Lipinski definition) is 1. The summed E-state index contributed by atoms with van der Waals surface area (Å²) in [5, 5.41) is 2.89. The van der Waals surface area contributed by atoms with Crippen molar-refractivity contribution in [1.82, 2.24) is 9.97 Å². The number of anilines is 1. The van der Waals surface area contributed by atoms with Gasteiger partial charge in [-0.1, -0.05) is 28.1 Å². The van der Waals surface area contributed by atoms with E-state index in [4.69, 9.17) is 4.42 Å². The van der Waals surface area contributed by atoms with Crippen molar-refractivity contribution in [1.29, 1.82) is 0 Å². The quantitative estimate of drug-likeness (QED) is 0.537. The van der Waals surface area contributed by atoms with Crippen molar-refractivity contribution in [3.8, 4) is 11.5 Å². The van der Waals surface area contributed by atoms with Crippen molar-refractivity contribution in [3.05, 3.63) is 77.0 Å². The maximum atomic E-state index is 12.4. The van der Waals surface area contributed by atoms with Gasteiger partial charge in [0.2, 0.25) is 5.89 Å². The van der Waals surface area contributed by atoms with Gasteiger partial charge in [0.15, 0.2) is 5.58 Å². The summed E-state index contributed by atoms with van der Waals surface area (Å²) in [6.07, 6.45) is 3.31. The van der Waals surface area contributed by atoms with Crippen LogP contribution in [0.5, 0.6) is 0 Å². The fraction of sp³-hybridized carbons (Fsp3) is 0. The molecule has 0 saturated carbocycles. The van der Waals surface area contributed by atoms with Gasteiger partial charge in [-0.25, -0.2) is 4.98 Å². The number of halogens is 1. The Bertz CT molecular complexity index is 1040. The standard InChI is InChI=1S/C19H12BrN3O2/c20-14-5-1-3-12(9-14)18(24)22-15-6-2-4-13(10-15)19-23-16-11-21-8-7-17(16)25-19/h1-11H,(H,22,24). The van der Waals surface area contributed by atoms with E-state index in [0.29, 0.717) is 28.2 Å². The number of nitrogens with zero attached hydrogens (tertiary/aromatic N) is 2. The second kappa shape index (κ2) is 6.49. The summed E-state index contributed by atoms with van der Waals surface area (Å²) < 4.78 is 6.60. The molecule has 25 heavy (non-hydrogen) atoms. The number of rotatable bonds is 3. The fourth-order valence-electron chi connectivity index (χ4n) is 2.47. The van der Waals surface area contributed by atoms with E-state index >= 15 is 0 Å². The minimum absolute atomic E-state index is 0.180. The zero-order chi connectivity index (χ0) is 17.2. The maximum Gasteiger partial charge on any atom is 0.255 e. The number of fused-ring (bicyclic) bond motifs is 1. The average molecular weight is 394 g/mol. The van der Waals surface area contributed by atoms with Gasteiger partial charge in [0.1, 0.15) is 5.52 Å². The Morgan fingerprint density at radius 1 is 1.08 bits per heavy atom. The SMILES string of the molecule is O=C(Nc1cccc(-c2nc3cnccc3o2)c1)c1cccc(Br)c1. The van der Waals surface area contributed by atoms with Crippen LogP contribution in [-0.2, 0) is 0 Å². The normalized spacial score (nSPS) is 10.8. The van der Waals surface area contributed by atoms with E-state index in [9.17, 15) is 4.79 Å². The first-order chi connectivity index (χ1) is 12.2. The van der Waals surface area contributed by atoms with Crippen molar-refractivity contribution in [2.45, 2.75) is 0 Å². The van der Waals surface area contributed by atoms with Gasteiger partial charge in [0.05, 0.1) is 6.20 Å². The molecule has 1 amide bonds. The Balaban J connectivity index is 1.62. The van der Waals surface area contributed by atoms with Crippen LogP contribution in [0.1, 0.15) is 10.4 Å². The molecule has 0 aliphatic carbocycles. The van der Waals surface area contributed by atoms with Crippen LogP contribution in [0.15, 0.2) is 75.9 Å². The molecule has 4 aromatic rings. The minimum atomic E-state index is -0.180. The van der Waals surface area contributed by atoms with Gasteiger partial charge in [-0.05, 0) is 36.4 Å². The number of pyridine rings is 1. The molecule has 2 aromatic carbocycles. The third-order valence-electron chi connectivity index (χ3n) is 3.64. The molecule has 0 atom stereocenters. The molecule has 2 aromatic heterocycles. The third kappa shape index (κ3) is 3.29. The summed E-state index contributed by atoms with van der Waals surface area (Å²) in [5.74, 6) is 0.307. The largest absolute Gasteiger partial charge is 0.436 e. The van der Waals surface area contributed by atoms with Crippen molar-refractivity contribution in [3.63, 3.8) is 0 Å². The molecular weight excluding hydrogens is 382 g/mol. The first kappa shape index (κ1) is 15.5. The lowest BCUT2D eigenvalue weighted by molar-refractivity contribution is 0.102. The molecule has 0 aliphatic rings. The number of oxazole rings is 1. The minimum Gasteiger partial charge on any atom is -0.436 e. The Morgan fingerprint density at radius 3 is 2.80 bits per heavy atom. The van der Waals surface area contributed by atoms with E-state index < -0.39 is 0 Å². The monoisotopic (exact) mass is 393 g/mol. The van der Waals surface area contributed by atoms with E-state index in [1.807, 2.05) is 36.4 Å². The van der Waals surface area contributed by atoms with Gasteiger partial charge in [0, 0.05) is 33.6 Å². The summed E-state index contributed by atoms with van der Waals surface area (Å²) in [6, 6.07) is 16.4. The maximum absolute atomic E-state index is 12.4. The van der Waals surface area contributed by atoms with E-state index in [1.54, 1.807) is 30.6 Å². The molecule has 122 valence electrons. The van der Waals surface area contributed by atoms with E-state index in [-0.39, 0.29) is 5.91 Å². The molecular formula is C19H12BrN3O2. The molecule has 0 radical (unpaired) electrons. The van der Waals surface area contributed by atoms with Gasteiger partial charge in [-0.2, -0.15) is 0 Å². The number of hydrogen-bond acceptors (Lipinski definition) is 4. The molecule has 0 bridgehead atoms. The van der Waals surface area contributed by atoms with Crippen LogP contribution in [-0.4, -0.2) is 15.9 Å².